The molecule has 0 amide bonds. The van der Waals surface area contributed by atoms with E-state index in [1.165, 1.54) is 48.7 Å². The van der Waals surface area contributed by atoms with Crippen molar-refractivity contribution >= 4 is 11.5 Å². The van der Waals surface area contributed by atoms with Gasteiger partial charge in [0.2, 0.25) is 0 Å². The maximum atomic E-state index is 13.2. The van der Waals surface area contributed by atoms with Gasteiger partial charge in [0.05, 0.1) is 5.56 Å². The van der Waals surface area contributed by atoms with Gasteiger partial charge in [0, 0.05) is 49.6 Å². The Hall–Kier alpha value is -2.28. The fourth-order valence-electron chi connectivity index (χ4n) is 5.65. The molecular formula is C25H31F3N4. The van der Waals surface area contributed by atoms with Crippen molar-refractivity contribution in [3.63, 3.8) is 0 Å². The Labute approximate surface area is 188 Å². The molecule has 3 aliphatic rings. The highest BCUT2D eigenvalue weighted by Crippen LogP contribution is 2.34. The highest BCUT2D eigenvalue weighted by molar-refractivity contribution is 5.55. The molecule has 32 heavy (non-hydrogen) atoms. The van der Waals surface area contributed by atoms with Crippen molar-refractivity contribution in [1.29, 1.82) is 0 Å². The molecule has 1 aromatic heterocycles. The van der Waals surface area contributed by atoms with Crippen molar-refractivity contribution in [2.45, 2.75) is 64.3 Å². The summed E-state index contributed by atoms with van der Waals surface area (Å²) in [6.07, 6.45) is 0.307. The molecule has 2 fully saturated rings. The summed E-state index contributed by atoms with van der Waals surface area (Å²) in [5.41, 5.74) is 3.53. The van der Waals surface area contributed by atoms with Crippen LogP contribution in [0.15, 0.2) is 30.3 Å². The number of benzene rings is 1. The minimum Gasteiger partial charge on any atom is -0.370 e. The molecule has 4 nitrogen and oxygen atoms in total. The molecule has 172 valence electrons. The quantitative estimate of drug-likeness (QED) is 0.662. The number of pyridine rings is 1. The Kier molecular flexibility index (Phi) is 5.56. The number of halogens is 3. The molecule has 0 spiro atoms. The zero-order valence-electron chi connectivity index (χ0n) is 18.8. The molecule has 4 heterocycles. The molecule has 5 rings (SSSR count). The highest BCUT2D eigenvalue weighted by Gasteiger charge is 2.34. The van der Waals surface area contributed by atoms with Gasteiger partial charge in [0.1, 0.15) is 5.82 Å². The fraction of sp³-hybridized carbons (Fsp3) is 0.560. The number of fused-ring (bicyclic) bond motifs is 1. The van der Waals surface area contributed by atoms with Crippen LogP contribution in [0.4, 0.5) is 24.7 Å². The van der Waals surface area contributed by atoms with Crippen LogP contribution < -0.4 is 9.80 Å². The van der Waals surface area contributed by atoms with Crippen LogP contribution in [0, 0.1) is 6.92 Å². The van der Waals surface area contributed by atoms with E-state index in [9.17, 15) is 13.2 Å². The van der Waals surface area contributed by atoms with Gasteiger partial charge in [0.25, 0.3) is 0 Å². The van der Waals surface area contributed by atoms with Crippen LogP contribution in [0.3, 0.4) is 0 Å². The van der Waals surface area contributed by atoms with Gasteiger partial charge in [-0.25, -0.2) is 4.98 Å². The van der Waals surface area contributed by atoms with Gasteiger partial charge in [-0.05, 0) is 81.5 Å². The summed E-state index contributed by atoms with van der Waals surface area (Å²) in [4.78, 5) is 11.5. The Morgan fingerprint density at radius 2 is 1.81 bits per heavy atom. The van der Waals surface area contributed by atoms with E-state index in [0.29, 0.717) is 36.7 Å². The van der Waals surface area contributed by atoms with Gasteiger partial charge in [-0.2, -0.15) is 13.2 Å². The molecular weight excluding hydrogens is 413 g/mol. The summed E-state index contributed by atoms with van der Waals surface area (Å²) in [7, 11) is 0. The SMILES string of the molecule is Cc1cc(C(F)(F)F)cc(N2CCc3cc(N4CCC(N5CCCC5C)C4)ccc3C2)n1. The predicted molar refractivity (Wildman–Crippen MR) is 121 cm³/mol. The van der Waals surface area contributed by atoms with E-state index < -0.39 is 11.7 Å². The number of hydrogen-bond donors (Lipinski definition) is 0. The number of rotatable bonds is 3. The van der Waals surface area contributed by atoms with Crippen LogP contribution >= 0.6 is 0 Å². The van der Waals surface area contributed by atoms with E-state index in [2.05, 4.69) is 39.9 Å². The van der Waals surface area contributed by atoms with Crippen molar-refractivity contribution < 1.29 is 13.2 Å². The fourth-order valence-corrected chi connectivity index (χ4v) is 5.65. The molecule has 0 saturated carbocycles. The van der Waals surface area contributed by atoms with Gasteiger partial charge in [0.15, 0.2) is 0 Å². The second kappa shape index (κ2) is 8.25. The van der Waals surface area contributed by atoms with Crippen molar-refractivity contribution in [3.05, 3.63) is 52.7 Å². The van der Waals surface area contributed by atoms with Crippen LogP contribution in [0.1, 0.15) is 48.6 Å². The summed E-state index contributed by atoms with van der Waals surface area (Å²) in [6.45, 7) is 8.64. The van der Waals surface area contributed by atoms with E-state index in [1.54, 1.807) is 6.92 Å². The molecule has 0 radical (unpaired) electrons. The van der Waals surface area contributed by atoms with Crippen LogP contribution in [0.25, 0.3) is 0 Å². The summed E-state index contributed by atoms with van der Waals surface area (Å²) in [5, 5.41) is 0. The number of hydrogen-bond acceptors (Lipinski definition) is 4. The van der Waals surface area contributed by atoms with Crippen molar-refractivity contribution in [1.82, 2.24) is 9.88 Å². The average Bonchev–Trinajstić information content (AvgIpc) is 3.41. The summed E-state index contributed by atoms with van der Waals surface area (Å²) in [5.74, 6) is 0.411. The minimum absolute atomic E-state index is 0.395. The number of nitrogens with zero attached hydrogens (tertiary/aromatic N) is 4. The molecule has 0 aliphatic carbocycles. The maximum Gasteiger partial charge on any atom is 0.416 e. The third kappa shape index (κ3) is 4.19. The Bertz CT molecular complexity index is 990. The molecule has 3 aliphatic heterocycles. The number of aryl methyl sites for hydroxylation is 1. The lowest BCUT2D eigenvalue weighted by molar-refractivity contribution is -0.137. The lowest BCUT2D eigenvalue weighted by atomic mass is 9.98. The second-order valence-corrected chi connectivity index (χ2v) is 9.60. The molecule has 7 heteroatoms. The second-order valence-electron chi connectivity index (χ2n) is 9.60. The summed E-state index contributed by atoms with van der Waals surface area (Å²) in [6, 6.07) is 10.3. The minimum atomic E-state index is -4.36. The topological polar surface area (TPSA) is 22.6 Å². The van der Waals surface area contributed by atoms with Gasteiger partial charge in [-0.15, -0.1) is 0 Å². The summed E-state index contributed by atoms with van der Waals surface area (Å²) >= 11 is 0. The maximum absolute atomic E-state index is 13.2. The van der Waals surface area contributed by atoms with Crippen LogP contribution in [-0.2, 0) is 19.1 Å². The molecule has 2 unspecified atom stereocenters. The Balaban J connectivity index is 1.30. The average molecular weight is 445 g/mol. The van der Waals surface area contributed by atoms with E-state index in [4.69, 9.17) is 0 Å². The predicted octanol–water partition coefficient (Wildman–Crippen LogP) is 5.03. The van der Waals surface area contributed by atoms with Gasteiger partial charge in [-0.1, -0.05) is 6.07 Å². The smallest absolute Gasteiger partial charge is 0.370 e. The third-order valence-corrected chi connectivity index (χ3v) is 7.40. The van der Waals surface area contributed by atoms with Crippen molar-refractivity contribution in [3.8, 4) is 0 Å². The van der Waals surface area contributed by atoms with Crippen LogP contribution in [-0.4, -0.2) is 48.1 Å². The Morgan fingerprint density at radius 1 is 0.969 bits per heavy atom. The lowest BCUT2D eigenvalue weighted by Crippen LogP contribution is -2.39. The number of likely N-dealkylation sites (tertiary alicyclic amines) is 1. The third-order valence-electron chi connectivity index (χ3n) is 7.40. The van der Waals surface area contributed by atoms with E-state index in [0.717, 1.165) is 25.6 Å². The van der Waals surface area contributed by atoms with E-state index in [1.807, 2.05) is 4.90 Å². The number of aromatic nitrogens is 1. The molecule has 0 N–H and O–H groups in total. The first-order chi connectivity index (χ1) is 15.3. The highest BCUT2D eigenvalue weighted by atomic mass is 19.4. The van der Waals surface area contributed by atoms with Crippen molar-refractivity contribution in [2.75, 3.05) is 36.0 Å². The molecule has 2 saturated heterocycles. The van der Waals surface area contributed by atoms with Crippen molar-refractivity contribution in [2.24, 2.45) is 0 Å². The standard InChI is InChI=1S/C25H31F3N4/c1-17-12-21(25(26,27)28)14-24(29-17)31-10-7-19-13-22(6-5-20(19)15-31)30-11-8-23(16-30)32-9-3-4-18(32)2/h5-6,12-14,18,23H,3-4,7-11,15-16H2,1-2H3. The number of anilines is 2. The molecule has 1 aromatic carbocycles. The monoisotopic (exact) mass is 444 g/mol. The first-order valence-corrected chi connectivity index (χ1v) is 11.7. The zero-order valence-corrected chi connectivity index (χ0v) is 18.8. The van der Waals surface area contributed by atoms with Gasteiger partial charge in [-0.3, -0.25) is 4.90 Å². The van der Waals surface area contributed by atoms with Crippen LogP contribution in [0.5, 0.6) is 0 Å². The normalized spacial score (nSPS) is 24.3. The first-order valence-electron chi connectivity index (χ1n) is 11.7. The largest absolute Gasteiger partial charge is 0.416 e. The van der Waals surface area contributed by atoms with Gasteiger partial charge >= 0.3 is 6.18 Å². The summed E-state index contributed by atoms with van der Waals surface area (Å²) < 4.78 is 39.7. The Morgan fingerprint density at radius 3 is 2.56 bits per heavy atom. The van der Waals surface area contributed by atoms with Gasteiger partial charge < -0.3 is 9.80 Å². The number of alkyl halides is 3. The molecule has 2 atom stereocenters. The first kappa shape index (κ1) is 21.6. The zero-order chi connectivity index (χ0) is 22.5. The lowest BCUT2D eigenvalue weighted by Gasteiger charge is -2.32. The molecule has 0 bridgehead atoms. The van der Waals surface area contributed by atoms with E-state index >= 15 is 0 Å². The van der Waals surface area contributed by atoms with E-state index in [-0.39, 0.29) is 0 Å². The van der Waals surface area contributed by atoms with Crippen LogP contribution in [0.2, 0.25) is 0 Å². The molecule has 2 aromatic rings.